The Labute approximate surface area is 111 Å². The Kier molecular flexibility index (Phi) is 3.01. The molecule has 0 bridgehead atoms. The zero-order valence-corrected chi connectivity index (χ0v) is 11.0. The van der Waals surface area contributed by atoms with Crippen molar-refractivity contribution in [3.63, 3.8) is 0 Å². The van der Waals surface area contributed by atoms with Crippen molar-refractivity contribution in [3.8, 4) is 0 Å². The summed E-state index contributed by atoms with van der Waals surface area (Å²) in [6.07, 6.45) is 4.97. The van der Waals surface area contributed by atoms with Crippen LogP contribution >= 0.6 is 0 Å². The third-order valence-electron chi connectivity index (χ3n) is 4.14. The molecule has 1 aromatic heterocycles. The Morgan fingerprint density at radius 3 is 2.84 bits per heavy atom. The van der Waals surface area contributed by atoms with Gasteiger partial charge in [0.1, 0.15) is 5.82 Å². The topological polar surface area (TPSA) is 66.0 Å². The van der Waals surface area contributed by atoms with Crippen molar-refractivity contribution < 1.29 is 9.90 Å². The second kappa shape index (κ2) is 4.68. The summed E-state index contributed by atoms with van der Waals surface area (Å²) in [7, 11) is 0. The van der Waals surface area contributed by atoms with Crippen molar-refractivity contribution in [2.24, 2.45) is 0 Å². The van der Waals surface area contributed by atoms with E-state index in [4.69, 9.17) is 5.11 Å². The van der Waals surface area contributed by atoms with Crippen LogP contribution in [0.1, 0.15) is 55.8 Å². The van der Waals surface area contributed by atoms with Gasteiger partial charge in [-0.1, -0.05) is 18.9 Å². The van der Waals surface area contributed by atoms with Gasteiger partial charge in [-0.15, -0.1) is 0 Å². The smallest absolute Gasteiger partial charge is 0.310 e. The van der Waals surface area contributed by atoms with Crippen molar-refractivity contribution in [1.29, 1.82) is 0 Å². The van der Waals surface area contributed by atoms with Crippen LogP contribution in [0.2, 0.25) is 0 Å². The van der Waals surface area contributed by atoms with Gasteiger partial charge < -0.3 is 10.1 Å². The van der Waals surface area contributed by atoms with E-state index in [0.717, 1.165) is 22.4 Å². The lowest BCUT2D eigenvalue weighted by Gasteiger charge is -2.05. The van der Waals surface area contributed by atoms with Crippen molar-refractivity contribution in [1.82, 2.24) is 9.97 Å². The number of aliphatic carboxylic acids is 1. The number of nitrogens with zero attached hydrogens (tertiary/aromatic N) is 1. The van der Waals surface area contributed by atoms with E-state index in [0.29, 0.717) is 5.92 Å². The Morgan fingerprint density at radius 2 is 2.16 bits per heavy atom. The molecule has 4 heteroatoms. The van der Waals surface area contributed by atoms with E-state index in [-0.39, 0.29) is 0 Å². The van der Waals surface area contributed by atoms with Crippen LogP contribution in [-0.4, -0.2) is 21.0 Å². The molecule has 2 N–H and O–H groups in total. The van der Waals surface area contributed by atoms with Crippen LogP contribution in [0.25, 0.3) is 11.0 Å². The number of rotatable bonds is 3. The lowest BCUT2D eigenvalue weighted by molar-refractivity contribution is -0.138. The van der Waals surface area contributed by atoms with E-state index in [1.807, 2.05) is 18.2 Å². The van der Waals surface area contributed by atoms with Crippen molar-refractivity contribution in [2.45, 2.75) is 44.4 Å². The summed E-state index contributed by atoms with van der Waals surface area (Å²) >= 11 is 0. The highest BCUT2D eigenvalue weighted by molar-refractivity contribution is 5.80. The van der Waals surface area contributed by atoms with Crippen LogP contribution in [0.15, 0.2) is 18.2 Å². The maximum absolute atomic E-state index is 11.0. The predicted octanol–water partition coefficient (Wildman–Crippen LogP) is 3.41. The molecule has 19 heavy (non-hydrogen) atoms. The van der Waals surface area contributed by atoms with E-state index in [9.17, 15) is 4.79 Å². The van der Waals surface area contributed by atoms with Gasteiger partial charge in [-0.3, -0.25) is 4.79 Å². The molecule has 100 valence electrons. The Bertz CT molecular complexity index is 612. The molecular formula is C15H18N2O2. The number of carbonyl (C=O) groups is 1. The van der Waals surface area contributed by atoms with E-state index in [2.05, 4.69) is 9.97 Å². The summed E-state index contributed by atoms with van der Waals surface area (Å²) in [5.41, 5.74) is 2.71. The minimum absolute atomic E-state index is 0.484. The molecule has 1 aliphatic rings. The molecule has 0 aliphatic heterocycles. The van der Waals surface area contributed by atoms with Crippen molar-refractivity contribution in [3.05, 3.63) is 29.6 Å². The first-order valence-electron chi connectivity index (χ1n) is 6.87. The average molecular weight is 258 g/mol. The summed E-state index contributed by atoms with van der Waals surface area (Å²) in [5.74, 6) is 0.331. The first-order valence-corrected chi connectivity index (χ1v) is 6.87. The fourth-order valence-corrected chi connectivity index (χ4v) is 2.85. The molecule has 1 unspecified atom stereocenters. The normalized spacial score (nSPS) is 17.9. The van der Waals surface area contributed by atoms with Crippen molar-refractivity contribution in [2.75, 3.05) is 0 Å². The number of H-pyrrole nitrogens is 1. The van der Waals surface area contributed by atoms with Crippen LogP contribution < -0.4 is 0 Å². The largest absolute Gasteiger partial charge is 0.481 e. The molecular weight excluding hydrogens is 240 g/mol. The van der Waals surface area contributed by atoms with Gasteiger partial charge in [-0.05, 0) is 37.5 Å². The summed E-state index contributed by atoms with van der Waals surface area (Å²) in [5, 5.41) is 9.06. The van der Waals surface area contributed by atoms with Gasteiger partial charge >= 0.3 is 5.97 Å². The van der Waals surface area contributed by atoms with Gasteiger partial charge in [0, 0.05) is 5.92 Å². The molecule has 3 rings (SSSR count). The number of carboxylic acids is 1. The summed E-state index contributed by atoms with van der Waals surface area (Å²) in [6.45, 7) is 1.71. The molecule has 1 atom stereocenters. The standard InChI is InChI=1S/C15H18N2O2/c1-9(15(18)19)11-6-7-12-13(8-11)17-14(16-12)10-4-2-3-5-10/h6-10H,2-5H2,1H3,(H,16,17)(H,18,19). The number of benzene rings is 1. The maximum Gasteiger partial charge on any atom is 0.310 e. The van der Waals surface area contributed by atoms with Crippen LogP contribution in [0, 0.1) is 0 Å². The number of hydrogen-bond acceptors (Lipinski definition) is 2. The lowest BCUT2D eigenvalue weighted by atomic mass is 10.0. The highest BCUT2D eigenvalue weighted by Crippen LogP contribution is 2.33. The molecule has 4 nitrogen and oxygen atoms in total. The van der Waals surface area contributed by atoms with Gasteiger partial charge in [0.15, 0.2) is 0 Å². The van der Waals surface area contributed by atoms with E-state index in [1.54, 1.807) is 6.92 Å². The van der Waals surface area contributed by atoms with Crippen molar-refractivity contribution >= 4 is 17.0 Å². The molecule has 1 aliphatic carbocycles. The number of hydrogen-bond donors (Lipinski definition) is 2. The minimum atomic E-state index is -0.796. The molecule has 1 fully saturated rings. The number of aromatic amines is 1. The zero-order valence-electron chi connectivity index (χ0n) is 11.0. The zero-order chi connectivity index (χ0) is 13.4. The molecule has 1 heterocycles. The van der Waals surface area contributed by atoms with E-state index < -0.39 is 11.9 Å². The summed E-state index contributed by atoms with van der Waals surface area (Å²) in [6, 6.07) is 5.69. The number of carboxylic acid groups (broad SMARTS) is 1. The molecule has 0 saturated heterocycles. The first-order chi connectivity index (χ1) is 9.15. The molecule has 1 saturated carbocycles. The lowest BCUT2D eigenvalue weighted by Crippen LogP contribution is -2.06. The second-order valence-electron chi connectivity index (χ2n) is 5.44. The minimum Gasteiger partial charge on any atom is -0.481 e. The van der Waals surface area contributed by atoms with Gasteiger partial charge in [0.2, 0.25) is 0 Å². The van der Waals surface area contributed by atoms with Crippen LogP contribution in [0.4, 0.5) is 0 Å². The fourth-order valence-electron chi connectivity index (χ4n) is 2.85. The van der Waals surface area contributed by atoms with Gasteiger partial charge in [0.25, 0.3) is 0 Å². The van der Waals surface area contributed by atoms with E-state index >= 15 is 0 Å². The van der Waals surface area contributed by atoms with E-state index in [1.165, 1.54) is 25.7 Å². The maximum atomic E-state index is 11.0. The Hall–Kier alpha value is -1.84. The van der Waals surface area contributed by atoms with Crippen LogP contribution in [-0.2, 0) is 4.79 Å². The third kappa shape index (κ3) is 2.23. The highest BCUT2D eigenvalue weighted by Gasteiger charge is 2.21. The Morgan fingerprint density at radius 1 is 1.42 bits per heavy atom. The van der Waals surface area contributed by atoms with Crippen LogP contribution in [0.3, 0.4) is 0 Å². The number of nitrogens with one attached hydrogen (secondary N) is 1. The fraction of sp³-hybridized carbons (Fsp3) is 0.467. The van der Waals surface area contributed by atoms with Gasteiger partial charge in [-0.2, -0.15) is 0 Å². The number of imidazole rings is 1. The molecule has 1 aromatic carbocycles. The average Bonchev–Trinajstić information content (AvgIpc) is 3.05. The first kappa shape index (κ1) is 12.2. The second-order valence-corrected chi connectivity index (χ2v) is 5.44. The molecule has 0 radical (unpaired) electrons. The van der Waals surface area contributed by atoms with Gasteiger partial charge in [0.05, 0.1) is 17.0 Å². The predicted molar refractivity (Wildman–Crippen MR) is 73.4 cm³/mol. The van der Waals surface area contributed by atoms with Gasteiger partial charge in [-0.25, -0.2) is 4.98 Å². The SMILES string of the molecule is CC(C(=O)O)c1ccc2nc(C3CCCC3)[nH]c2c1. The molecule has 0 spiro atoms. The van der Waals surface area contributed by atoms with Crippen LogP contribution in [0.5, 0.6) is 0 Å². The number of aromatic nitrogens is 2. The molecule has 2 aromatic rings. The summed E-state index contributed by atoms with van der Waals surface area (Å²) in [4.78, 5) is 19.0. The Balaban J connectivity index is 1.96. The quantitative estimate of drug-likeness (QED) is 0.886. The summed E-state index contributed by atoms with van der Waals surface area (Å²) < 4.78 is 0. The third-order valence-corrected chi connectivity index (χ3v) is 4.14. The molecule has 0 amide bonds. The monoisotopic (exact) mass is 258 g/mol. The number of fused-ring (bicyclic) bond motifs is 1. The highest BCUT2D eigenvalue weighted by atomic mass is 16.4.